The fraction of sp³-hybridized carbons (Fsp3) is 0.448. The molecule has 0 radical (unpaired) electrons. The predicted octanol–water partition coefficient (Wildman–Crippen LogP) is 16.8. The van der Waals surface area contributed by atoms with Crippen LogP contribution in [0, 0.1) is 13.8 Å². The van der Waals surface area contributed by atoms with Gasteiger partial charge in [-0.15, -0.1) is 0 Å². The van der Waals surface area contributed by atoms with Gasteiger partial charge in [0.05, 0.1) is 11.4 Å². The summed E-state index contributed by atoms with van der Waals surface area (Å²) in [6.07, 6.45) is 6.61. The van der Waals surface area contributed by atoms with Gasteiger partial charge in [-0.3, -0.25) is 0 Å². The zero-order valence-corrected chi connectivity index (χ0v) is 40.6. The van der Waals surface area contributed by atoms with E-state index in [1.165, 1.54) is 63.2 Å². The Bertz CT molecular complexity index is 2460. The van der Waals surface area contributed by atoms with Crippen LogP contribution in [0.25, 0.3) is 6.08 Å². The third-order valence-electron chi connectivity index (χ3n) is 14.3. The van der Waals surface area contributed by atoms with E-state index in [1.807, 2.05) is 11.1 Å². The van der Waals surface area contributed by atoms with Crippen molar-refractivity contribution in [1.29, 1.82) is 0 Å². The number of aryl methyl sites for hydroxylation is 2. The predicted molar refractivity (Wildman–Crippen MR) is 264 cm³/mol. The van der Waals surface area contributed by atoms with E-state index >= 15 is 0 Å². The van der Waals surface area contributed by atoms with E-state index in [1.54, 1.807) is 0 Å². The highest BCUT2D eigenvalue weighted by atomic mass is 16.7. The molecule has 5 aromatic rings. The average molecular weight is 815 g/mol. The van der Waals surface area contributed by atoms with Gasteiger partial charge in [0.25, 0.3) is 0 Å². The van der Waals surface area contributed by atoms with E-state index in [0.29, 0.717) is 0 Å². The third-order valence-corrected chi connectivity index (χ3v) is 14.3. The first-order valence-electron chi connectivity index (χ1n) is 22.8. The lowest BCUT2D eigenvalue weighted by Gasteiger charge is -2.44. The van der Waals surface area contributed by atoms with Gasteiger partial charge in [0.1, 0.15) is 0 Å². The van der Waals surface area contributed by atoms with Gasteiger partial charge >= 0.3 is 0 Å². The normalized spacial score (nSPS) is 17.5. The van der Waals surface area contributed by atoms with Crippen LogP contribution in [0.5, 0.6) is 5.75 Å². The summed E-state index contributed by atoms with van der Waals surface area (Å²) >= 11 is 0. The van der Waals surface area contributed by atoms with Gasteiger partial charge in [-0.05, 0) is 177 Å². The summed E-state index contributed by atoms with van der Waals surface area (Å²) in [7, 11) is 0. The lowest BCUT2D eigenvalue weighted by Crippen LogP contribution is -2.34. The Balaban J connectivity index is 1.47. The van der Waals surface area contributed by atoms with Gasteiger partial charge in [0.2, 0.25) is 0 Å². The highest BCUT2D eigenvalue weighted by Crippen LogP contribution is 2.52. The molecular formula is C58H74N2O. The number of rotatable bonds is 8. The van der Waals surface area contributed by atoms with Gasteiger partial charge in [-0.1, -0.05) is 140 Å². The summed E-state index contributed by atoms with van der Waals surface area (Å²) in [6, 6.07) is 34.7. The second kappa shape index (κ2) is 15.2. The molecule has 5 aromatic carbocycles. The van der Waals surface area contributed by atoms with Crippen LogP contribution in [0.4, 0.5) is 28.4 Å². The summed E-state index contributed by atoms with van der Waals surface area (Å²) < 4.78 is 0. The first kappa shape index (κ1) is 44.3. The van der Waals surface area contributed by atoms with Gasteiger partial charge in [-0.25, -0.2) is 0 Å². The Morgan fingerprint density at radius 1 is 0.508 bits per heavy atom. The van der Waals surface area contributed by atoms with Crippen LogP contribution in [0.3, 0.4) is 0 Å². The maximum Gasteiger partial charge on any atom is 0.163 e. The number of nitrogens with zero attached hydrogens (tertiary/aromatic N) is 2. The molecule has 0 fully saturated rings. The average Bonchev–Trinajstić information content (AvgIpc) is 3.17. The summed E-state index contributed by atoms with van der Waals surface area (Å²) in [6.45, 7) is 41.7. The molecule has 322 valence electrons. The smallest absolute Gasteiger partial charge is 0.163 e. The van der Waals surface area contributed by atoms with E-state index in [2.05, 4.69) is 213 Å². The van der Waals surface area contributed by atoms with Crippen molar-refractivity contribution in [1.82, 2.24) is 0 Å². The van der Waals surface area contributed by atoms with Gasteiger partial charge in [0.15, 0.2) is 5.75 Å². The lowest BCUT2D eigenvalue weighted by molar-refractivity contribution is 0.323. The monoisotopic (exact) mass is 815 g/mol. The quantitative estimate of drug-likeness (QED) is 0.145. The number of benzene rings is 5. The van der Waals surface area contributed by atoms with Crippen LogP contribution >= 0.6 is 0 Å². The molecule has 0 atom stereocenters. The van der Waals surface area contributed by atoms with Gasteiger partial charge in [0, 0.05) is 22.6 Å². The Hall–Kier alpha value is -4.76. The lowest BCUT2D eigenvalue weighted by atomic mass is 9.62. The first-order chi connectivity index (χ1) is 28.2. The standard InChI is InChI=1S/C58H74N2O/c1-18-40-34-42(54(7,8)9)21-26-52(40)61-60(43-22-19-41(20-23-43)53(4,5)6)46-32-38(2)31-45(35-46)59(44-24-25-47-49(36-44)57(14,15)28-27-55(47,10)11)51-37-50-48(33-39(51)3)56(12,13)29-30-58(50,16)17/h18-26,31-37H,1,27-30H2,2-17H3. The number of fused-ring (bicyclic) bond motifs is 2. The van der Waals surface area contributed by atoms with Crippen molar-refractivity contribution in [2.75, 3.05) is 9.96 Å². The number of hydrogen-bond donors (Lipinski definition) is 0. The van der Waals surface area contributed by atoms with Crippen LogP contribution in [0.2, 0.25) is 0 Å². The Morgan fingerprint density at radius 3 is 1.56 bits per heavy atom. The molecule has 3 nitrogen and oxygen atoms in total. The van der Waals surface area contributed by atoms with Crippen LogP contribution in [-0.2, 0) is 32.5 Å². The molecule has 0 N–H and O–H groups in total. The van der Waals surface area contributed by atoms with Crippen molar-refractivity contribution in [3.63, 3.8) is 0 Å². The highest BCUT2D eigenvalue weighted by molar-refractivity contribution is 5.83. The van der Waals surface area contributed by atoms with E-state index < -0.39 is 0 Å². The minimum absolute atomic E-state index is 0.00486. The van der Waals surface area contributed by atoms with E-state index in [9.17, 15) is 0 Å². The summed E-state index contributed by atoms with van der Waals surface area (Å²) in [5.41, 5.74) is 17.6. The maximum absolute atomic E-state index is 7.12. The zero-order valence-electron chi connectivity index (χ0n) is 40.6. The van der Waals surface area contributed by atoms with Crippen LogP contribution < -0.4 is 14.8 Å². The van der Waals surface area contributed by atoms with Crippen molar-refractivity contribution in [3.05, 3.63) is 148 Å². The Kier molecular flexibility index (Phi) is 11.1. The molecule has 0 aromatic heterocycles. The van der Waals surface area contributed by atoms with E-state index in [-0.39, 0.29) is 32.5 Å². The summed E-state index contributed by atoms with van der Waals surface area (Å²) in [4.78, 5) is 9.66. The second-order valence-electron chi connectivity index (χ2n) is 23.2. The van der Waals surface area contributed by atoms with Gasteiger partial charge < -0.3 is 9.74 Å². The van der Waals surface area contributed by atoms with Crippen LogP contribution in [-0.4, -0.2) is 0 Å². The third kappa shape index (κ3) is 8.56. The van der Waals surface area contributed by atoms with Crippen molar-refractivity contribution in [2.45, 2.75) is 169 Å². The molecule has 3 heteroatoms. The topological polar surface area (TPSA) is 15.7 Å². The molecule has 0 unspecified atom stereocenters. The molecule has 0 spiro atoms. The Labute approximate surface area is 370 Å². The van der Waals surface area contributed by atoms with Crippen LogP contribution in [0.1, 0.15) is 173 Å². The molecular weight excluding hydrogens is 741 g/mol. The maximum atomic E-state index is 7.12. The fourth-order valence-corrected chi connectivity index (χ4v) is 9.79. The molecule has 0 amide bonds. The summed E-state index contributed by atoms with van der Waals surface area (Å²) in [5, 5.41) is 2.02. The molecule has 0 bridgehead atoms. The second-order valence-corrected chi connectivity index (χ2v) is 23.2. The van der Waals surface area contributed by atoms with Crippen molar-refractivity contribution < 1.29 is 4.84 Å². The van der Waals surface area contributed by atoms with E-state index in [0.717, 1.165) is 46.8 Å². The summed E-state index contributed by atoms with van der Waals surface area (Å²) in [5.74, 6) is 0.762. The fourth-order valence-electron chi connectivity index (χ4n) is 9.79. The van der Waals surface area contributed by atoms with Crippen LogP contribution in [0.15, 0.2) is 97.6 Å². The minimum Gasteiger partial charge on any atom is -0.374 e. The first-order valence-corrected chi connectivity index (χ1v) is 22.8. The molecule has 61 heavy (non-hydrogen) atoms. The zero-order chi connectivity index (χ0) is 44.7. The van der Waals surface area contributed by atoms with Gasteiger partial charge in [-0.2, -0.15) is 5.06 Å². The highest BCUT2D eigenvalue weighted by Gasteiger charge is 2.40. The molecule has 2 aliphatic carbocycles. The molecule has 0 heterocycles. The molecule has 0 aliphatic heterocycles. The molecule has 0 saturated heterocycles. The molecule has 7 rings (SSSR count). The van der Waals surface area contributed by atoms with Crippen molar-refractivity contribution >= 4 is 34.5 Å². The molecule has 2 aliphatic rings. The number of hydrogen-bond acceptors (Lipinski definition) is 3. The largest absolute Gasteiger partial charge is 0.374 e. The molecule has 0 saturated carbocycles. The SMILES string of the molecule is C=Cc1cc(C(C)(C)C)ccc1ON(c1ccc(C(C)(C)C)cc1)c1cc(C)cc(N(c2ccc3c(c2)C(C)(C)CCC3(C)C)c2cc3c(cc2C)C(C)(C)CCC3(C)C)c1. The van der Waals surface area contributed by atoms with Crippen molar-refractivity contribution in [3.8, 4) is 5.75 Å². The minimum atomic E-state index is -0.00486. The Morgan fingerprint density at radius 2 is 1.00 bits per heavy atom. The van der Waals surface area contributed by atoms with Crippen molar-refractivity contribution in [2.24, 2.45) is 0 Å². The number of anilines is 5. The van der Waals surface area contributed by atoms with E-state index in [4.69, 9.17) is 4.84 Å².